The zero-order valence-electron chi connectivity index (χ0n) is 20.8. The Kier molecular flexibility index (Phi) is 4.05. The standard InChI is InChI=1S/C36H20N2O/c1-2-10-21(11-3-1)34-26-15-6-7-18-29(26)37-36(38-34)27-17-8-12-22-20-28-24-14-5-4-13-23(24)25-16-9-19-30-32(25)33(28)35(39-30)31(22)27/h1-20H. The summed E-state index contributed by atoms with van der Waals surface area (Å²) in [5, 5.41) is 10.5. The van der Waals surface area contributed by atoms with Gasteiger partial charge in [-0.2, -0.15) is 0 Å². The summed E-state index contributed by atoms with van der Waals surface area (Å²) in [5.74, 6) is 0.699. The fraction of sp³-hybridized carbons (Fsp3) is 0. The second kappa shape index (κ2) is 7.62. The maximum Gasteiger partial charge on any atom is 0.161 e. The zero-order valence-corrected chi connectivity index (χ0v) is 20.8. The van der Waals surface area contributed by atoms with Crippen LogP contribution in [0.4, 0.5) is 0 Å². The smallest absolute Gasteiger partial charge is 0.161 e. The minimum Gasteiger partial charge on any atom is -0.455 e. The molecule has 2 aromatic heterocycles. The van der Waals surface area contributed by atoms with E-state index >= 15 is 0 Å². The van der Waals surface area contributed by atoms with E-state index in [1.54, 1.807) is 0 Å². The molecule has 0 radical (unpaired) electrons. The van der Waals surface area contributed by atoms with Crippen LogP contribution in [0.3, 0.4) is 0 Å². The predicted molar refractivity (Wildman–Crippen MR) is 161 cm³/mol. The average Bonchev–Trinajstić information content (AvgIpc) is 3.40. The summed E-state index contributed by atoms with van der Waals surface area (Å²) in [6.45, 7) is 0. The van der Waals surface area contributed by atoms with Crippen molar-refractivity contribution in [3.05, 3.63) is 121 Å². The van der Waals surface area contributed by atoms with Gasteiger partial charge in [-0.1, -0.05) is 103 Å². The Morgan fingerprint density at radius 3 is 2.08 bits per heavy atom. The highest BCUT2D eigenvalue weighted by atomic mass is 16.3. The van der Waals surface area contributed by atoms with Gasteiger partial charge in [0.05, 0.1) is 11.2 Å². The molecular formula is C36H20N2O. The summed E-state index contributed by atoms with van der Waals surface area (Å²) < 4.78 is 6.71. The Bertz CT molecular complexity index is 2390. The Morgan fingerprint density at radius 2 is 1.21 bits per heavy atom. The van der Waals surface area contributed by atoms with E-state index in [2.05, 4.69) is 103 Å². The van der Waals surface area contributed by atoms with Gasteiger partial charge < -0.3 is 4.42 Å². The number of hydrogen-bond donors (Lipinski definition) is 0. The molecule has 0 fully saturated rings. The number of benzene rings is 7. The molecule has 0 saturated carbocycles. The van der Waals surface area contributed by atoms with Crippen LogP contribution in [0.2, 0.25) is 0 Å². The van der Waals surface area contributed by atoms with Crippen LogP contribution in [0.5, 0.6) is 0 Å². The molecule has 0 unspecified atom stereocenters. The molecule has 9 aromatic rings. The first-order chi connectivity index (χ1) is 19.3. The highest BCUT2D eigenvalue weighted by Crippen LogP contribution is 2.47. The lowest BCUT2D eigenvalue weighted by Gasteiger charge is -2.13. The number of furan rings is 1. The van der Waals surface area contributed by atoms with Gasteiger partial charge in [0, 0.05) is 32.7 Å². The van der Waals surface area contributed by atoms with Crippen LogP contribution in [0.15, 0.2) is 126 Å². The summed E-state index contributed by atoms with van der Waals surface area (Å²) >= 11 is 0. The molecule has 180 valence electrons. The van der Waals surface area contributed by atoms with Gasteiger partial charge in [0.25, 0.3) is 0 Å². The second-order valence-corrected chi connectivity index (χ2v) is 10.1. The molecule has 0 saturated heterocycles. The van der Waals surface area contributed by atoms with E-state index in [0.717, 1.165) is 49.7 Å². The third-order valence-electron chi connectivity index (χ3n) is 8.01. The van der Waals surface area contributed by atoms with Crippen LogP contribution in [0.1, 0.15) is 0 Å². The number of aromatic nitrogens is 2. The number of fused-ring (bicyclic) bond motifs is 6. The van der Waals surface area contributed by atoms with Gasteiger partial charge in [0.1, 0.15) is 11.2 Å². The summed E-state index contributed by atoms with van der Waals surface area (Å²) in [5.41, 5.74) is 5.71. The van der Waals surface area contributed by atoms with E-state index in [4.69, 9.17) is 14.4 Å². The molecule has 0 aliphatic heterocycles. The Labute approximate surface area is 223 Å². The van der Waals surface area contributed by atoms with Gasteiger partial charge in [0.2, 0.25) is 0 Å². The zero-order chi connectivity index (χ0) is 25.5. The normalized spacial score (nSPS) is 12.1. The summed E-state index contributed by atoms with van der Waals surface area (Å²) in [6, 6.07) is 42.3. The fourth-order valence-corrected chi connectivity index (χ4v) is 6.34. The van der Waals surface area contributed by atoms with Crippen LogP contribution in [-0.2, 0) is 0 Å². The lowest BCUT2D eigenvalue weighted by Crippen LogP contribution is -1.96. The molecule has 0 bridgehead atoms. The van der Waals surface area contributed by atoms with Crippen molar-refractivity contribution in [3.63, 3.8) is 0 Å². The number of hydrogen-bond acceptors (Lipinski definition) is 3. The Hall–Kier alpha value is -5.28. The maximum atomic E-state index is 6.71. The van der Waals surface area contributed by atoms with Crippen molar-refractivity contribution in [2.45, 2.75) is 0 Å². The Balaban J connectivity index is 1.45. The van der Waals surface area contributed by atoms with Crippen molar-refractivity contribution >= 4 is 65.2 Å². The molecule has 3 heteroatoms. The molecule has 3 nitrogen and oxygen atoms in total. The molecule has 0 aliphatic carbocycles. The second-order valence-electron chi connectivity index (χ2n) is 10.1. The topological polar surface area (TPSA) is 38.9 Å². The van der Waals surface area contributed by atoms with Crippen molar-refractivity contribution in [2.24, 2.45) is 0 Å². The number of rotatable bonds is 2. The third-order valence-corrected chi connectivity index (χ3v) is 8.01. The third kappa shape index (κ3) is 2.82. The van der Waals surface area contributed by atoms with E-state index in [9.17, 15) is 0 Å². The van der Waals surface area contributed by atoms with Crippen LogP contribution >= 0.6 is 0 Å². The first-order valence-electron chi connectivity index (χ1n) is 13.2. The van der Waals surface area contributed by atoms with Crippen molar-refractivity contribution in [1.29, 1.82) is 0 Å². The average molecular weight is 497 g/mol. The minimum atomic E-state index is 0.699. The number of para-hydroxylation sites is 1. The van der Waals surface area contributed by atoms with Gasteiger partial charge in [-0.05, 0) is 45.1 Å². The van der Waals surface area contributed by atoms with Gasteiger partial charge in [-0.15, -0.1) is 0 Å². The quantitative estimate of drug-likeness (QED) is 0.177. The van der Waals surface area contributed by atoms with E-state index in [0.29, 0.717) is 5.82 Å². The van der Waals surface area contributed by atoms with Crippen LogP contribution < -0.4 is 0 Å². The predicted octanol–water partition coefficient (Wildman–Crippen LogP) is 9.76. The highest BCUT2D eigenvalue weighted by Gasteiger charge is 2.22. The molecular weight excluding hydrogens is 476 g/mol. The summed E-state index contributed by atoms with van der Waals surface area (Å²) in [6.07, 6.45) is 0. The molecule has 39 heavy (non-hydrogen) atoms. The molecule has 0 spiro atoms. The molecule has 9 rings (SSSR count). The van der Waals surface area contributed by atoms with Crippen LogP contribution in [-0.4, -0.2) is 9.97 Å². The molecule has 0 aliphatic rings. The molecule has 7 aromatic carbocycles. The first-order valence-corrected chi connectivity index (χ1v) is 13.2. The van der Waals surface area contributed by atoms with E-state index < -0.39 is 0 Å². The Morgan fingerprint density at radius 1 is 0.487 bits per heavy atom. The van der Waals surface area contributed by atoms with Crippen LogP contribution in [0, 0.1) is 0 Å². The summed E-state index contributed by atoms with van der Waals surface area (Å²) in [4.78, 5) is 10.3. The van der Waals surface area contributed by atoms with Crippen molar-refractivity contribution < 1.29 is 4.42 Å². The highest BCUT2D eigenvalue weighted by molar-refractivity contribution is 6.37. The van der Waals surface area contributed by atoms with Crippen molar-refractivity contribution in [1.82, 2.24) is 9.97 Å². The van der Waals surface area contributed by atoms with E-state index in [-0.39, 0.29) is 0 Å². The summed E-state index contributed by atoms with van der Waals surface area (Å²) in [7, 11) is 0. The minimum absolute atomic E-state index is 0.699. The van der Waals surface area contributed by atoms with Gasteiger partial charge >= 0.3 is 0 Å². The van der Waals surface area contributed by atoms with Crippen molar-refractivity contribution in [3.8, 4) is 22.6 Å². The van der Waals surface area contributed by atoms with E-state index in [1.165, 1.54) is 32.3 Å². The van der Waals surface area contributed by atoms with Gasteiger partial charge in [-0.25, -0.2) is 9.97 Å². The van der Waals surface area contributed by atoms with Crippen LogP contribution in [0.25, 0.3) is 87.8 Å². The number of nitrogens with zero attached hydrogens (tertiary/aromatic N) is 2. The fourth-order valence-electron chi connectivity index (χ4n) is 6.34. The molecule has 0 atom stereocenters. The van der Waals surface area contributed by atoms with E-state index in [1.807, 2.05) is 18.2 Å². The van der Waals surface area contributed by atoms with Gasteiger partial charge in [0.15, 0.2) is 5.82 Å². The first kappa shape index (κ1) is 20.7. The van der Waals surface area contributed by atoms with Crippen molar-refractivity contribution in [2.75, 3.05) is 0 Å². The monoisotopic (exact) mass is 496 g/mol. The molecule has 0 amide bonds. The molecule has 2 heterocycles. The lowest BCUT2D eigenvalue weighted by atomic mass is 9.91. The largest absolute Gasteiger partial charge is 0.455 e. The SMILES string of the molecule is c1ccc(-c2nc(-c3cccc4cc5c6ccccc6c6cccc7oc(c34)c5c76)nc3ccccc23)cc1. The van der Waals surface area contributed by atoms with Gasteiger partial charge in [-0.3, -0.25) is 0 Å². The maximum absolute atomic E-state index is 6.71. The lowest BCUT2D eigenvalue weighted by molar-refractivity contribution is 0.673. The molecule has 0 N–H and O–H groups in total.